The van der Waals surface area contributed by atoms with E-state index in [0.717, 1.165) is 5.56 Å². The highest BCUT2D eigenvalue weighted by atomic mass is 16.5. The number of ether oxygens (including phenoxy) is 4. The van der Waals surface area contributed by atoms with Gasteiger partial charge in [-0.1, -0.05) is 6.07 Å². The molecule has 2 amide bonds. The van der Waals surface area contributed by atoms with Crippen LogP contribution in [0, 0.1) is 0 Å². The molecule has 0 aromatic heterocycles. The fourth-order valence-electron chi connectivity index (χ4n) is 2.52. The van der Waals surface area contributed by atoms with Crippen molar-refractivity contribution in [3.8, 4) is 23.0 Å². The lowest BCUT2D eigenvalue weighted by atomic mass is 10.2. The molecule has 8 heteroatoms. The smallest absolute Gasteiger partial charge is 0.233 e. The summed E-state index contributed by atoms with van der Waals surface area (Å²) < 4.78 is 20.7. The molecule has 28 heavy (non-hydrogen) atoms. The molecule has 0 spiro atoms. The summed E-state index contributed by atoms with van der Waals surface area (Å²) in [6, 6.07) is 10.3. The highest BCUT2D eigenvalue weighted by molar-refractivity contribution is 6.03. The molecule has 2 aromatic carbocycles. The summed E-state index contributed by atoms with van der Waals surface area (Å²) in [5, 5.41) is 5.36. The van der Waals surface area contributed by atoms with Gasteiger partial charge in [-0.3, -0.25) is 9.59 Å². The summed E-state index contributed by atoms with van der Waals surface area (Å²) in [4.78, 5) is 24.1. The Morgan fingerprint density at radius 1 is 0.750 bits per heavy atom. The van der Waals surface area contributed by atoms with E-state index in [1.165, 1.54) is 14.2 Å². The van der Waals surface area contributed by atoms with Crippen molar-refractivity contribution in [3.63, 3.8) is 0 Å². The Hall–Kier alpha value is -3.42. The molecule has 150 valence electrons. The van der Waals surface area contributed by atoms with Crippen molar-refractivity contribution in [1.82, 2.24) is 5.32 Å². The van der Waals surface area contributed by atoms with E-state index in [1.54, 1.807) is 44.6 Å². The zero-order valence-electron chi connectivity index (χ0n) is 16.3. The minimum Gasteiger partial charge on any atom is -0.493 e. The largest absolute Gasteiger partial charge is 0.493 e. The lowest BCUT2D eigenvalue weighted by molar-refractivity contribution is -0.126. The second-order valence-corrected chi connectivity index (χ2v) is 5.76. The minimum absolute atomic E-state index is 0.267. The first-order valence-electron chi connectivity index (χ1n) is 8.50. The Bertz CT molecular complexity index is 837. The first-order valence-corrected chi connectivity index (χ1v) is 8.50. The van der Waals surface area contributed by atoms with Gasteiger partial charge in [0.2, 0.25) is 11.8 Å². The summed E-state index contributed by atoms with van der Waals surface area (Å²) in [5.41, 5.74) is 1.33. The van der Waals surface area contributed by atoms with Crippen molar-refractivity contribution in [1.29, 1.82) is 0 Å². The van der Waals surface area contributed by atoms with Crippen LogP contribution in [-0.4, -0.2) is 40.3 Å². The number of anilines is 1. The van der Waals surface area contributed by atoms with Crippen molar-refractivity contribution in [2.45, 2.75) is 13.0 Å². The fourth-order valence-corrected chi connectivity index (χ4v) is 2.52. The standard InChI is InChI=1S/C20H24N2O6/c1-25-15-7-5-13(9-17(15)27-3)12-21-19(23)11-20(24)22-14-6-8-16(26-2)18(10-14)28-4/h5-10H,11-12H2,1-4H3,(H,21,23)(H,22,24). The van der Waals surface area contributed by atoms with Crippen molar-refractivity contribution < 1.29 is 28.5 Å². The van der Waals surface area contributed by atoms with Gasteiger partial charge in [-0.05, 0) is 29.8 Å². The van der Waals surface area contributed by atoms with Gasteiger partial charge in [0.1, 0.15) is 6.42 Å². The fraction of sp³-hybridized carbons (Fsp3) is 0.300. The molecule has 0 radical (unpaired) electrons. The number of benzene rings is 2. The number of hydrogen-bond donors (Lipinski definition) is 2. The monoisotopic (exact) mass is 388 g/mol. The van der Waals surface area contributed by atoms with Crippen LogP contribution in [0.3, 0.4) is 0 Å². The Labute approximate surface area is 163 Å². The van der Waals surface area contributed by atoms with E-state index in [0.29, 0.717) is 28.7 Å². The lowest BCUT2D eigenvalue weighted by Crippen LogP contribution is -2.27. The van der Waals surface area contributed by atoms with Crippen LogP contribution in [-0.2, 0) is 16.1 Å². The third-order valence-corrected chi connectivity index (χ3v) is 3.93. The lowest BCUT2D eigenvalue weighted by Gasteiger charge is -2.11. The van der Waals surface area contributed by atoms with Crippen molar-refractivity contribution in [2.75, 3.05) is 33.8 Å². The number of amides is 2. The normalized spacial score (nSPS) is 10.0. The van der Waals surface area contributed by atoms with Gasteiger partial charge >= 0.3 is 0 Å². The zero-order valence-corrected chi connectivity index (χ0v) is 16.3. The molecule has 0 atom stereocenters. The van der Waals surface area contributed by atoms with E-state index in [4.69, 9.17) is 18.9 Å². The molecule has 8 nitrogen and oxygen atoms in total. The van der Waals surface area contributed by atoms with Crippen LogP contribution in [0.1, 0.15) is 12.0 Å². The Kier molecular flexibility index (Phi) is 7.50. The number of carbonyl (C=O) groups excluding carboxylic acids is 2. The minimum atomic E-state index is -0.433. The summed E-state index contributed by atoms with van der Waals surface area (Å²) in [6.07, 6.45) is -0.304. The molecule has 0 heterocycles. The summed E-state index contributed by atoms with van der Waals surface area (Å²) >= 11 is 0. The van der Waals surface area contributed by atoms with Crippen LogP contribution in [0.2, 0.25) is 0 Å². The number of methoxy groups -OCH3 is 4. The maximum atomic E-state index is 12.1. The second-order valence-electron chi connectivity index (χ2n) is 5.76. The van der Waals surface area contributed by atoms with Crippen LogP contribution >= 0.6 is 0 Å². The molecule has 0 unspecified atom stereocenters. The Balaban J connectivity index is 1.88. The zero-order chi connectivity index (χ0) is 20.5. The van der Waals surface area contributed by atoms with Gasteiger partial charge in [0.25, 0.3) is 0 Å². The number of carbonyl (C=O) groups is 2. The topological polar surface area (TPSA) is 95.1 Å². The van der Waals surface area contributed by atoms with Crippen molar-refractivity contribution in [3.05, 3.63) is 42.0 Å². The third-order valence-electron chi connectivity index (χ3n) is 3.93. The summed E-state index contributed by atoms with van der Waals surface area (Å²) in [5.74, 6) is 1.38. The van der Waals surface area contributed by atoms with Crippen LogP contribution < -0.4 is 29.6 Å². The Morgan fingerprint density at radius 3 is 1.93 bits per heavy atom. The number of rotatable bonds is 9. The van der Waals surface area contributed by atoms with E-state index in [2.05, 4.69) is 10.6 Å². The molecule has 0 saturated carbocycles. The Morgan fingerprint density at radius 2 is 1.32 bits per heavy atom. The summed E-state index contributed by atoms with van der Waals surface area (Å²) in [7, 11) is 6.12. The molecule has 0 aliphatic rings. The average molecular weight is 388 g/mol. The van der Waals surface area contributed by atoms with Gasteiger partial charge in [0.15, 0.2) is 23.0 Å². The van der Waals surface area contributed by atoms with Crippen LogP contribution in [0.15, 0.2) is 36.4 Å². The predicted octanol–water partition coefficient (Wildman–Crippen LogP) is 2.37. The summed E-state index contributed by atoms with van der Waals surface area (Å²) in [6.45, 7) is 0.267. The molecule has 0 bridgehead atoms. The van der Waals surface area contributed by atoms with Gasteiger partial charge in [-0.15, -0.1) is 0 Å². The second kappa shape index (κ2) is 10.1. The van der Waals surface area contributed by atoms with Gasteiger partial charge in [0, 0.05) is 18.3 Å². The molecule has 0 fully saturated rings. The maximum absolute atomic E-state index is 12.1. The van der Waals surface area contributed by atoms with E-state index in [-0.39, 0.29) is 13.0 Å². The SMILES string of the molecule is COc1ccc(CNC(=O)CC(=O)Nc2ccc(OC)c(OC)c2)cc1OC. The quantitative estimate of drug-likeness (QED) is 0.641. The number of nitrogens with one attached hydrogen (secondary N) is 2. The molecular weight excluding hydrogens is 364 g/mol. The predicted molar refractivity (Wildman–Crippen MR) is 104 cm³/mol. The highest BCUT2D eigenvalue weighted by Crippen LogP contribution is 2.30. The van der Waals surface area contributed by atoms with Crippen LogP contribution in [0.25, 0.3) is 0 Å². The van der Waals surface area contributed by atoms with Crippen LogP contribution in [0.4, 0.5) is 5.69 Å². The van der Waals surface area contributed by atoms with Crippen LogP contribution in [0.5, 0.6) is 23.0 Å². The van der Waals surface area contributed by atoms with E-state index in [9.17, 15) is 9.59 Å². The van der Waals surface area contributed by atoms with E-state index < -0.39 is 11.8 Å². The van der Waals surface area contributed by atoms with Gasteiger partial charge in [0.05, 0.1) is 28.4 Å². The van der Waals surface area contributed by atoms with Crippen molar-refractivity contribution in [2.24, 2.45) is 0 Å². The molecule has 2 rings (SSSR count). The molecule has 2 aromatic rings. The van der Waals surface area contributed by atoms with E-state index in [1.807, 2.05) is 6.07 Å². The first kappa shape index (κ1) is 20.9. The third kappa shape index (κ3) is 5.54. The van der Waals surface area contributed by atoms with Gasteiger partial charge in [-0.25, -0.2) is 0 Å². The molecular formula is C20H24N2O6. The average Bonchev–Trinajstić information content (AvgIpc) is 2.71. The van der Waals surface area contributed by atoms with Gasteiger partial charge in [-0.2, -0.15) is 0 Å². The first-order chi connectivity index (χ1) is 13.5. The maximum Gasteiger partial charge on any atom is 0.233 e. The van der Waals surface area contributed by atoms with E-state index >= 15 is 0 Å². The highest BCUT2D eigenvalue weighted by Gasteiger charge is 2.12. The van der Waals surface area contributed by atoms with Crippen molar-refractivity contribution >= 4 is 17.5 Å². The molecule has 0 saturated heterocycles. The molecule has 0 aliphatic carbocycles. The molecule has 2 N–H and O–H groups in total. The van der Waals surface area contributed by atoms with Gasteiger partial charge < -0.3 is 29.6 Å². The number of hydrogen-bond acceptors (Lipinski definition) is 6. The molecule has 0 aliphatic heterocycles.